The van der Waals surface area contributed by atoms with Crippen LogP contribution in [0.15, 0.2) is 47.3 Å². The van der Waals surface area contributed by atoms with Gasteiger partial charge in [0.2, 0.25) is 5.95 Å². The van der Waals surface area contributed by atoms with Gasteiger partial charge < -0.3 is 16.8 Å². The Morgan fingerprint density at radius 1 is 1.06 bits per heavy atom. The number of nitrogens with two attached hydrogens (primary N) is 2. The molecule has 0 atom stereocenters. The second-order valence-electron chi connectivity index (χ2n) is 6.94. The van der Waals surface area contributed by atoms with Gasteiger partial charge in [-0.15, -0.1) is 0 Å². The fraction of sp³-hybridized carbons (Fsp3) is 0.0909. The number of nitriles is 2. The lowest BCUT2D eigenvalue weighted by molar-refractivity contribution is 0.636. The van der Waals surface area contributed by atoms with Gasteiger partial charge >= 0.3 is 0 Å². The van der Waals surface area contributed by atoms with E-state index in [4.69, 9.17) is 11.5 Å². The first-order chi connectivity index (χ1) is 15.9. The minimum absolute atomic E-state index is 0.0388. The third-order valence-electron chi connectivity index (χ3n) is 4.86. The largest absolute Gasteiger partial charge is 0.382 e. The van der Waals surface area contributed by atoms with E-state index < -0.39 is 11.4 Å². The van der Waals surface area contributed by atoms with Crippen molar-refractivity contribution >= 4 is 28.5 Å². The summed E-state index contributed by atoms with van der Waals surface area (Å²) in [6, 6.07) is 14.5. The summed E-state index contributed by atoms with van der Waals surface area (Å²) in [6.45, 7) is 0.190. The summed E-state index contributed by atoms with van der Waals surface area (Å²) in [6.07, 6.45) is 0.188. The summed E-state index contributed by atoms with van der Waals surface area (Å²) in [7, 11) is 0. The number of nitrogens with one attached hydrogen (secondary N) is 1. The first-order valence-corrected chi connectivity index (χ1v) is 9.70. The monoisotopic (exact) mass is 441 g/mol. The zero-order chi connectivity index (χ0) is 23.5. The van der Waals surface area contributed by atoms with Gasteiger partial charge in [-0.3, -0.25) is 9.36 Å². The number of nitrogen functional groups attached to an aromatic ring is 2. The van der Waals surface area contributed by atoms with E-state index >= 15 is 0 Å². The lowest BCUT2D eigenvalue weighted by atomic mass is 10.2. The number of hydrogen-bond acceptors (Lipinski definition) is 9. The van der Waals surface area contributed by atoms with E-state index in [0.29, 0.717) is 17.1 Å². The van der Waals surface area contributed by atoms with Gasteiger partial charge in [-0.25, -0.2) is 9.37 Å². The summed E-state index contributed by atoms with van der Waals surface area (Å²) in [4.78, 5) is 25.5. The Labute approximate surface area is 186 Å². The summed E-state index contributed by atoms with van der Waals surface area (Å²) >= 11 is 0. The number of halogens is 1. The van der Waals surface area contributed by atoms with Crippen LogP contribution in [0.5, 0.6) is 0 Å². The second kappa shape index (κ2) is 8.61. The first-order valence-electron chi connectivity index (χ1n) is 9.70. The zero-order valence-electron chi connectivity index (χ0n) is 17.1. The molecule has 0 bridgehead atoms. The van der Waals surface area contributed by atoms with Gasteiger partial charge in [-0.05, 0) is 30.3 Å². The van der Waals surface area contributed by atoms with E-state index in [-0.39, 0.29) is 47.0 Å². The number of fused-ring (bicyclic) bond motifs is 1. The van der Waals surface area contributed by atoms with Crippen molar-refractivity contribution in [1.29, 1.82) is 10.5 Å². The van der Waals surface area contributed by atoms with Gasteiger partial charge in [0.25, 0.3) is 5.56 Å². The number of benzene rings is 2. The average Bonchev–Trinajstić information content (AvgIpc) is 2.79. The molecule has 0 aliphatic heterocycles. The predicted octanol–water partition coefficient (Wildman–Crippen LogP) is 1.88. The van der Waals surface area contributed by atoms with Crippen LogP contribution in [-0.2, 0) is 6.42 Å². The molecule has 0 radical (unpaired) electrons. The summed E-state index contributed by atoms with van der Waals surface area (Å²) < 4.78 is 15.7. The maximum atomic E-state index is 14.5. The molecule has 2 heterocycles. The maximum Gasteiger partial charge on any atom is 0.268 e. The van der Waals surface area contributed by atoms with E-state index in [1.54, 1.807) is 24.3 Å². The number of hydrogen-bond donors (Lipinski definition) is 3. The zero-order valence-corrected chi connectivity index (χ0v) is 17.1. The highest BCUT2D eigenvalue weighted by molar-refractivity contribution is 5.78. The highest BCUT2D eigenvalue weighted by atomic mass is 19.1. The molecule has 0 aliphatic carbocycles. The van der Waals surface area contributed by atoms with Gasteiger partial charge in [-0.2, -0.15) is 20.5 Å². The first kappa shape index (κ1) is 21.2. The average molecular weight is 441 g/mol. The number of aromatic nitrogens is 4. The Kier molecular flexibility index (Phi) is 5.53. The molecule has 0 aliphatic rings. The van der Waals surface area contributed by atoms with Crippen LogP contribution < -0.4 is 22.3 Å². The minimum Gasteiger partial charge on any atom is -0.382 e. The lowest BCUT2D eigenvalue weighted by Gasteiger charge is -2.15. The van der Waals surface area contributed by atoms with E-state index in [9.17, 15) is 19.7 Å². The van der Waals surface area contributed by atoms with E-state index in [2.05, 4.69) is 20.3 Å². The number of rotatable bonds is 5. The molecule has 0 saturated carbocycles. The fourth-order valence-electron chi connectivity index (χ4n) is 3.41. The van der Waals surface area contributed by atoms with Crippen LogP contribution >= 0.6 is 0 Å². The molecule has 0 amide bonds. The van der Waals surface area contributed by atoms with E-state index in [0.717, 1.165) is 0 Å². The standard InChI is InChI=1S/C22H16FN9O/c23-15-5-2-6-16-18(15)21(33)32(13-4-1-3-12(9-13)10-24)17(29-16)7-8-28-20-14(11-25)19(26)30-22(27)31-20/h1-6,9H,7-8H2,(H5,26,27,28,30,31). The molecule has 0 fully saturated rings. The van der Waals surface area contributed by atoms with Gasteiger partial charge in [-0.1, -0.05) is 12.1 Å². The third-order valence-corrected chi connectivity index (χ3v) is 4.86. The highest BCUT2D eigenvalue weighted by Gasteiger charge is 2.17. The third kappa shape index (κ3) is 3.98. The summed E-state index contributed by atoms with van der Waals surface area (Å²) in [5.74, 6) is -0.384. The van der Waals surface area contributed by atoms with Crippen LogP contribution in [0.2, 0.25) is 0 Å². The molecule has 4 aromatic rings. The lowest BCUT2D eigenvalue weighted by Crippen LogP contribution is -2.26. The molecule has 33 heavy (non-hydrogen) atoms. The minimum atomic E-state index is -0.689. The molecule has 0 spiro atoms. The van der Waals surface area contributed by atoms with Crippen LogP contribution in [0.3, 0.4) is 0 Å². The normalized spacial score (nSPS) is 10.5. The van der Waals surface area contributed by atoms with Crippen LogP contribution in [0, 0.1) is 28.5 Å². The van der Waals surface area contributed by atoms with E-state index in [1.165, 1.54) is 22.8 Å². The second-order valence-corrected chi connectivity index (χ2v) is 6.94. The van der Waals surface area contributed by atoms with Gasteiger partial charge in [0.05, 0.1) is 22.8 Å². The van der Waals surface area contributed by atoms with Gasteiger partial charge in [0.1, 0.15) is 34.5 Å². The quantitative estimate of drug-likeness (QED) is 0.418. The topological polar surface area (TPSA) is 172 Å². The molecule has 2 aromatic heterocycles. The van der Waals surface area contributed by atoms with Crippen molar-refractivity contribution in [1.82, 2.24) is 19.5 Å². The molecule has 0 saturated heterocycles. The smallest absolute Gasteiger partial charge is 0.268 e. The molecular formula is C22H16FN9O. The van der Waals surface area contributed by atoms with Crippen LogP contribution in [-0.4, -0.2) is 26.1 Å². The maximum absolute atomic E-state index is 14.5. The van der Waals surface area contributed by atoms with Crippen molar-refractivity contribution in [3.8, 4) is 17.8 Å². The van der Waals surface area contributed by atoms with Crippen LogP contribution in [0.25, 0.3) is 16.6 Å². The molecular weight excluding hydrogens is 425 g/mol. The molecule has 162 valence electrons. The molecule has 2 aromatic carbocycles. The van der Waals surface area contributed by atoms with Crippen LogP contribution in [0.4, 0.5) is 22.0 Å². The number of anilines is 3. The molecule has 10 nitrogen and oxygen atoms in total. The predicted molar refractivity (Wildman–Crippen MR) is 120 cm³/mol. The Bertz CT molecular complexity index is 1530. The van der Waals surface area contributed by atoms with Crippen LogP contribution in [0.1, 0.15) is 17.0 Å². The molecule has 11 heteroatoms. The fourth-order valence-corrected chi connectivity index (χ4v) is 3.41. The van der Waals surface area contributed by atoms with Crippen molar-refractivity contribution in [2.24, 2.45) is 0 Å². The molecule has 0 unspecified atom stereocenters. The molecule has 5 N–H and O–H groups in total. The Morgan fingerprint density at radius 3 is 2.61 bits per heavy atom. The van der Waals surface area contributed by atoms with Crippen molar-refractivity contribution in [2.45, 2.75) is 6.42 Å². The van der Waals surface area contributed by atoms with Gasteiger partial charge in [0.15, 0.2) is 5.82 Å². The van der Waals surface area contributed by atoms with Crippen molar-refractivity contribution in [3.05, 3.63) is 75.6 Å². The van der Waals surface area contributed by atoms with Crippen molar-refractivity contribution < 1.29 is 4.39 Å². The summed E-state index contributed by atoms with van der Waals surface area (Å²) in [5, 5.41) is 21.4. The Hall–Kier alpha value is -5.03. The Balaban J connectivity index is 1.78. The summed E-state index contributed by atoms with van der Waals surface area (Å²) in [5.41, 5.74) is 11.7. The van der Waals surface area contributed by atoms with E-state index in [1.807, 2.05) is 12.1 Å². The molecule has 4 rings (SSSR count). The number of nitrogens with zero attached hydrogens (tertiary/aromatic N) is 6. The highest BCUT2D eigenvalue weighted by Crippen LogP contribution is 2.20. The van der Waals surface area contributed by atoms with Gasteiger partial charge in [0, 0.05) is 13.0 Å². The SMILES string of the molecule is N#Cc1cccc(-n2c(CCNc3nc(N)nc(N)c3C#N)nc3cccc(F)c3c2=O)c1. The Morgan fingerprint density at radius 2 is 1.85 bits per heavy atom. The van der Waals surface area contributed by atoms with Crippen molar-refractivity contribution in [2.75, 3.05) is 23.3 Å². The van der Waals surface area contributed by atoms with Crippen molar-refractivity contribution in [3.63, 3.8) is 0 Å².